The first-order valence-electron chi connectivity index (χ1n) is 3.66. The first-order valence-corrected chi connectivity index (χ1v) is 5.58. The molecular weight excluding hydrogens is 231 g/mol. The number of hydrogen-bond acceptors (Lipinski definition) is 3. The second-order valence-electron chi connectivity index (χ2n) is 2.55. The van der Waals surface area contributed by atoms with E-state index in [9.17, 15) is 12.3 Å². The van der Waals surface area contributed by atoms with Crippen LogP contribution in [-0.4, -0.2) is 15.5 Å². The van der Waals surface area contributed by atoms with Crippen LogP contribution in [0.1, 0.15) is 5.56 Å². The van der Waals surface area contributed by atoms with Crippen molar-refractivity contribution in [2.75, 3.05) is 7.11 Å². The van der Waals surface area contributed by atoms with E-state index in [0.29, 0.717) is 5.75 Å². The predicted molar refractivity (Wildman–Crippen MR) is 50.8 cm³/mol. The molecule has 0 saturated carbocycles. The van der Waals surface area contributed by atoms with Crippen molar-refractivity contribution in [1.82, 2.24) is 0 Å². The Balaban J connectivity index is 3.33. The van der Waals surface area contributed by atoms with Crippen LogP contribution in [0.25, 0.3) is 0 Å². The van der Waals surface area contributed by atoms with Crippen LogP contribution in [0, 0.1) is 0 Å². The second-order valence-corrected chi connectivity index (χ2v) is 4.13. The molecule has 0 fully saturated rings. The smallest absolute Gasteiger partial charge is 0.332 e. The van der Waals surface area contributed by atoms with Crippen LogP contribution < -0.4 is 4.74 Å². The molecule has 0 unspecified atom stereocenters. The summed E-state index contributed by atoms with van der Waals surface area (Å²) in [6.45, 7) is 0. The van der Waals surface area contributed by atoms with E-state index in [2.05, 4.69) is 0 Å². The van der Waals surface area contributed by atoms with Gasteiger partial charge < -0.3 is 4.74 Å². The van der Waals surface area contributed by atoms with Crippen molar-refractivity contribution in [1.29, 1.82) is 0 Å². The van der Waals surface area contributed by atoms with Crippen molar-refractivity contribution in [2.24, 2.45) is 0 Å². The molecule has 0 atom stereocenters. The summed E-state index contributed by atoms with van der Waals surface area (Å²) in [5.41, 5.74) is 0.188. The van der Waals surface area contributed by atoms with Gasteiger partial charge in [-0.2, -0.15) is 8.42 Å². The molecule has 0 spiro atoms. The summed E-state index contributed by atoms with van der Waals surface area (Å²) in [7, 11) is -3.28. The molecule has 0 bridgehead atoms. The van der Waals surface area contributed by atoms with E-state index in [0.717, 1.165) is 6.07 Å². The van der Waals surface area contributed by atoms with Gasteiger partial charge in [-0.1, -0.05) is 0 Å². The lowest BCUT2D eigenvalue weighted by Gasteiger charge is -2.05. The molecule has 1 aromatic rings. The fourth-order valence-electron chi connectivity index (χ4n) is 1.03. The van der Waals surface area contributed by atoms with E-state index in [1.54, 1.807) is 0 Å². The standard InChI is InChI=1S/C8H8ClFO3S/c1-13-7-2-3-8(14(10,11)12)6(4-7)5-9/h2-4H,5H2,1H3. The van der Waals surface area contributed by atoms with Gasteiger partial charge in [-0.25, -0.2) is 0 Å². The summed E-state index contributed by atoms with van der Waals surface area (Å²) in [6.07, 6.45) is 0. The van der Waals surface area contributed by atoms with Crippen molar-refractivity contribution in [3.05, 3.63) is 23.8 Å². The van der Waals surface area contributed by atoms with Gasteiger partial charge in [-0.15, -0.1) is 15.5 Å². The number of benzene rings is 1. The Labute approximate surface area is 86.7 Å². The lowest BCUT2D eigenvalue weighted by atomic mass is 10.2. The fraction of sp³-hybridized carbons (Fsp3) is 0.250. The van der Waals surface area contributed by atoms with Gasteiger partial charge >= 0.3 is 10.2 Å². The SMILES string of the molecule is COc1ccc(S(=O)(=O)F)c(CCl)c1. The highest BCUT2D eigenvalue weighted by Crippen LogP contribution is 2.24. The third kappa shape index (κ3) is 2.36. The maximum atomic E-state index is 12.7. The van der Waals surface area contributed by atoms with Crippen LogP contribution in [0.15, 0.2) is 23.1 Å². The molecule has 0 saturated heterocycles. The van der Waals surface area contributed by atoms with Crippen molar-refractivity contribution in [3.8, 4) is 5.75 Å². The van der Waals surface area contributed by atoms with Gasteiger partial charge in [0.1, 0.15) is 10.6 Å². The molecule has 0 aliphatic rings. The Hall–Kier alpha value is -0.810. The molecule has 6 heteroatoms. The van der Waals surface area contributed by atoms with Gasteiger partial charge in [0.2, 0.25) is 0 Å². The summed E-state index contributed by atoms with van der Waals surface area (Å²) in [5.74, 6) is 0.350. The maximum Gasteiger partial charge on any atom is 0.332 e. The molecule has 78 valence electrons. The third-order valence-corrected chi connectivity index (χ3v) is 2.89. The molecular formula is C8H8ClFO3S. The van der Waals surface area contributed by atoms with Crippen LogP contribution in [0.5, 0.6) is 5.75 Å². The number of rotatable bonds is 3. The number of hydrogen-bond donors (Lipinski definition) is 0. The van der Waals surface area contributed by atoms with E-state index in [-0.39, 0.29) is 11.4 Å². The minimum atomic E-state index is -4.71. The van der Waals surface area contributed by atoms with Crippen LogP contribution in [-0.2, 0) is 16.1 Å². The molecule has 0 radical (unpaired) electrons. The monoisotopic (exact) mass is 238 g/mol. The Bertz CT molecular complexity index is 430. The highest BCUT2D eigenvalue weighted by Gasteiger charge is 2.17. The lowest BCUT2D eigenvalue weighted by Crippen LogP contribution is -1.98. The summed E-state index contributed by atoms with van der Waals surface area (Å²) in [6, 6.07) is 3.88. The molecule has 0 N–H and O–H groups in total. The predicted octanol–water partition coefficient (Wildman–Crippen LogP) is 2.09. The van der Waals surface area contributed by atoms with Gasteiger partial charge in [0.05, 0.1) is 7.11 Å². The molecule has 0 amide bonds. The van der Waals surface area contributed by atoms with Crippen LogP contribution in [0.3, 0.4) is 0 Å². The van der Waals surface area contributed by atoms with Gasteiger partial charge in [0.25, 0.3) is 0 Å². The van der Waals surface area contributed by atoms with Crippen LogP contribution in [0.2, 0.25) is 0 Å². The zero-order chi connectivity index (χ0) is 10.8. The number of methoxy groups -OCH3 is 1. The van der Waals surface area contributed by atoms with E-state index < -0.39 is 15.1 Å². The highest BCUT2D eigenvalue weighted by atomic mass is 35.5. The Kier molecular flexibility index (Phi) is 3.34. The zero-order valence-electron chi connectivity index (χ0n) is 7.33. The van der Waals surface area contributed by atoms with E-state index in [1.165, 1.54) is 19.2 Å². The van der Waals surface area contributed by atoms with Crippen molar-refractivity contribution in [3.63, 3.8) is 0 Å². The number of ether oxygens (including phenoxy) is 1. The molecule has 14 heavy (non-hydrogen) atoms. The summed E-state index contributed by atoms with van der Waals surface area (Å²) < 4.78 is 38.8. The zero-order valence-corrected chi connectivity index (χ0v) is 8.90. The first-order chi connectivity index (χ1) is 6.49. The van der Waals surface area contributed by atoms with Gasteiger partial charge in [0.15, 0.2) is 0 Å². The van der Waals surface area contributed by atoms with Crippen molar-refractivity contribution in [2.45, 2.75) is 10.8 Å². The van der Waals surface area contributed by atoms with E-state index in [4.69, 9.17) is 16.3 Å². The molecule has 1 aromatic carbocycles. The summed E-state index contributed by atoms with van der Waals surface area (Å²) in [4.78, 5) is -0.409. The topological polar surface area (TPSA) is 43.4 Å². The third-order valence-electron chi connectivity index (χ3n) is 1.67. The molecule has 0 heterocycles. The van der Waals surface area contributed by atoms with Gasteiger partial charge in [-0.05, 0) is 23.8 Å². The molecule has 0 aliphatic heterocycles. The Morgan fingerprint density at radius 3 is 2.57 bits per heavy atom. The van der Waals surface area contributed by atoms with Crippen molar-refractivity contribution < 1.29 is 17.0 Å². The largest absolute Gasteiger partial charge is 0.497 e. The van der Waals surface area contributed by atoms with E-state index in [1.807, 2.05) is 0 Å². The molecule has 0 aromatic heterocycles. The average Bonchev–Trinajstić information content (AvgIpc) is 2.15. The quantitative estimate of drug-likeness (QED) is 0.598. The van der Waals surface area contributed by atoms with Crippen molar-refractivity contribution >= 4 is 21.8 Å². The second kappa shape index (κ2) is 4.14. The minimum absolute atomic E-state index is 0.0876. The van der Waals surface area contributed by atoms with Gasteiger partial charge in [0, 0.05) is 5.88 Å². The molecule has 1 rings (SSSR count). The molecule has 3 nitrogen and oxygen atoms in total. The minimum Gasteiger partial charge on any atom is -0.497 e. The average molecular weight is 239 g/mol. The summed E-state index contributed by atoms with van der Waals surface area (Å²) in [5, 5.41) is 0. The first kappa shape index (κ1) is 11.3. The van der Waals surface area contributed by atoms with Gasteiger partial charge in [-0.3, -0.25) is 0 Å². The Morgan fingerprint density at radius 2 is 2.14 bits per heavy atom. The Morgan fingerprint density at radius 1 is 1.50 bits per heavy atom. The van der Waals surface area contributed by atoms with Crippen LogP contribution in [0.4, 0.5) is 3.89 Å². The number of halogens is 2. The fourth-order valence-corrected chi connectivity index (χ4v) is 2.00. The van der Waals surface area contributed by atoms with E-state index >= 15 is 0 Å². The highest BCUT2D eigenvalue weighted by molar-refractivity contribution is 7.86. The summed E-state index contributed by atoms with van der Waals surface area (Å²) >= 11 is 5.48. The number of alkyl halides is 1. The van der Waals surface area contributed by atoms with Crippen LogP contribution >= 0.6 is 11.6 Å². The maximum absolute atomic E-state index is 12.7. The lowest BCUT2D eigenvalue weighted by molar-refractivity contribution is 0.414. The molecule has 0 aliphatic carbocycles. The normalized spacial score (nSPS) is 11.4.